The molecule has 0 fully saturated rings. The highest BCUT2D eigenvalue weighted by atomic mass is 35.5. The van der Waals surface area contributed by atoms with E-state index in [1.165, 1.54) is 22.0 Å². The van der Waals surface area contributed by atoms with Crippen molar-refractivity contribution < 1.29 is 0 Å². The Morgan fingerprint density at radius 1 is 1.00 bits per heavy atom. The van der Waals surface area contributed by atoms with Gasteiger partial charge in [-0.3, -0.25) is 0 Å². The van der Waals surface area contributed by atoms with Crippen molar-refractivity contribution in [2.45, 2.75) is 19.8 Å². The lowest BCUT2D eigenvalue weighted by Gasteiger charge is -2.06. The fraction of sp³-hybridized carbons (Fsp3) is 0.200. The molecule has 0 aliphatic heterocycles. The SMILES string of the molecule is CC(C)c1cc2cc(Cl)c(-c3ccc4c(ccn4C)c3)cc2[nH]1. The molecule has 0 spiro atoms. The Hall–Kier alpha value is -2.19. The van der Waals surface area contributed by atoms with E-state index >= 15 is 0 Å². The molecule has 0 saturated heterocycles. The van der Waals surface area contributed by atoms with E-state index in [0.29, 0.717) is 5.92 Å². The van der Waals surface area contributed by atoms with E-state index in [2.05, 4.69) is 79.1 Å². The Morgan fingerprint density at radius 3 is 2.61 bits per heavy atom. The Balaban J connectivity index is 1.90. The van der Waals surface area contributed by atoms with Crippen LogP contribution < -0.4 is 0 Å². The smallest absolute Gasteiger partial charge is 0.0491 e. The summed E-state index contributed by atoms with van der Waals surface area (Å²) >= 11 is 6.56. The van der Waals surface area contributed by atoms with Gasteiger partial charge in [0.1, 0.15) is 0 Å². The van der Waals surface area contributed by atoms with Crippen molar-refractivity contribution in [2.24, 2.45) is 7.05 Å². The Kier molecular flexibility index (Phi) is 3.24. The van der Waals surface area contributed by atoms with E-state index < -0.39 is 0 Å². The minimum atomic E-state index is 0.477. The van der Waals surface area contributed by atoms with Gasteiger partial charge >= 0.3 is 0 Å². The number of aromatic nitrogens is 2. The highest BCUT2D eigenvalue weighted by Crippen LogP contribution is 2.34. The standard InChI is InChI=1S/C20H19ClN2/c1-12(2)18-10-15-9-17(21)16(11-19(15)22-18)13-4-5-20-14(8-13)6-7-23(20)3/h4-12,22H,1-3H3. The number of nitrogens with zero attached hydrogens (tertiary/aromatic N) is 1. The molecule has 4 rings (SSSR count). The van der Waals surface area contributed by atoms with Crippen LogP contribution >= 0.6 is 11.6 Å². The van der Waals surface area contributed by atoms with Crippen LogP contribution in [-0.2, 0) is 7.05 Å². The first-order valence-corrected chi connectivity index (χ1v) is 8.28. The van der Waals surface area contributed by atoms with Crippen molar-refractivity contribution in [1.29, 1.82) is 0 Å². The molecule has 2 nitrogen and oxygen atoms in total. The molecule has 0 aliphatic carbocycles. The van der Waals surface area contributed by atoms with Gasteiger partial charge in [-0.2, -0.15) is 0 Å². The first-order chi connectivity index (χ1) is 11.0. The summed E-state index contributed by atoms with van der Waals surface area (Å²) in [5.74, 6) is 0.477. The van der Waals surface area contributed by atoms with E-state index in [1.54, 1.807) is 0 Å². The average Bonchev–Trinajstić information content (AvgIpc) is 3.10. The zero-order valence-corrected chi connectivity index (χ0v) is 14.3. The van der Waals surface area contributed by atoms with Crippen molar-refractivity contribution >= 4 is 33.4 Å². The molecule has 0 bridgehead atoms. The summed E-state index contributed by atoms with van der Waals surface area (Å²) in [4.78, 5) is 3.51. The number of hydrogen-bond acceptors (Lipinski definition) is 0. The third kappa shape index (κ3) is 2.34. The van der Waals surface area contributed by atoms with E-state index in [4.69, 9.17) is 11.6 Å². The molecule has 0 atom stereocenters. The van der Waals surface area contributed by atoms with Crippen LogP contribution in [0.2, 0.25) is 5.02 Å². The van der Waals surface area contributed by atoms with Gasteiger partial charge in [-0.05, 0) is 47.9 Å². The molecule has 2 aromatic carbocycles. The molecule has 2 heterocycles. The van der Waals surface area contributed by atoms with Crippen LogP contribution in [0.4, 0.5) is 0 Å². The van der Waals surface area contributed by atoms with Crippen LogP contribution in [0.5, 0.6) is 0 Å². The molecule has 0 unspecified atom stereocenters. The van der Waals surface area contributed by atoms with Gasteiger partial charge in [0.05, 0.1) is 0 Å². The Bertz CT molecular complexity index is 1020. The molecule has 4 aromatic rings. The molecule has 0 saturated carbocycles. The molecule has 3 heteroatoms. The normalized spacial score (nSPS) is 11.9. The average molecular weight is 323 g/mol. The van der Waals surface area contributed by atoms with E-state index in [-0.39, 0.29) is 0 Å². The first-order valence-electron chi connectivity index (χ1n) is 7.90. The second-order valence-corrected chi connectivity index (χ2v) is 6.91. The number of aryl methyl sites for hydroxylation is 1. The lowest BCUT2D eigenvalue weighted by Crippen LogP contribution is -1.85. The van der Waals surface area contributed by atoms with Crippen molar-refractivity contribution in [3.8, 4) is 11.1 Å². The van der Waals surface area contributed by atoms with E-state index in [1.807, 2.05) is 0 Å². The molecule has 2 aromatic heterocycles. The second kappa shape index (κ2) is 5.17. The molecular formula is C20H19ClN2. The maximum Gasteiger partial charge on any atom is 0.0491 e. The van der Waals surface area contributed by atoms with Crippen LogP contribution in [-0.4, -0.2) is 9.55 Å². The summed E-state index contributed by atoms with van der Waals surface area (Å²) in [6.45, 7) is 4.38. The highest BCUT2D eigenvalue weighted by molar-refractivity contribution is 6.34. The van der Waals surface area contributed by atoms with Crippen molar-refractivity contribution in [1.82, 2.24) is 9.55 Å². The predicted molar refractivity (Wildman–Crippen MR) is 99.3 cm³/mol. The number of benzene rings is 2. The Labute approximate surface area is 140 Å². The summed E-state index contributed by atoms with van der Waals surface area (Å²) in [6, 6.07) is 15.0. The predicted octanol–water partition coefficient (Wildman–Crippen LogP) is 6.10. The van der Waals surface area contributed by atoms with Gasteiger partial charge in [0, 0.05) is 51.3 Å². The number of rotatable bonds is 2. The second-order valence-electron chi connectivity index (χ2n) is 6.50. The van der Waals surface area contributed by atoms with Gasteiger partial charge in [-0.15, -0.1) is 0 Å². The summed E-state index contributed by atoms with van der Waals surface area (Å²) in [5.41, 5.74) is 5.83. The number of aromatic amines is 1. The third-order valence-corrected chi connectivity index (χ3v) is 4.86. The van der Waals surface area contributed by atoms with Crippen molar-refractivity contribution in [3.05, 3.63) is 59.4 Å². The third-order valence-electron chi connectivity index (χ3n) is 4.55. The highest BCUT2D eigenvalue weighted by Gasteiger charge is 2.11. The molecule has 0 radical (unpaired) electrons. The van der Waals surface area contributed by atoms with Crippen molar-refractivity contribution in [3.63, 3.8) is 0 Å². The minimum Gasteiger partial charge on any atom is -0.358 e. The van der Waals surface area contributed by atoms with Crippen LogP contribution in [0.25, 0.3) is 32.9 Å². The molecule has 23 heavy (non-hydrogen) atoms. The molecule has 116 valence electrons. The monoisotopic (exact) mass is 322 g/mol. The fourth-order valence-corrected chi connectivity index (χ4v) is 3.44. The zero-order chi connectivity index (χ0) is 16.1. The number of nitrogens with one attached hydrogen (secondary N) is 1. The largest absolute Gasteiger partial charge is 0.358 e. The summed E-state index contributed by atoms with van der Waals surface area (Å²) in [6.07, 6.45) is 2.08. The van der Waals surface area contributed by atoms with Crippen LogP contribution in [0, 0.1) is 0 Å². The fourth-order valence-electron chi connectivity index (χ4n) is 3.16. The summed E-state index contributed by atoms with van der Waals surface area (Å²) in [5, 5.41) is 3.20. The molecular weight excluding hydrogens is 304 g/mol. The zero-order valence-electron chi connectivity index (χ0n) is 13.5. The lowest BCUT2D eigenvalue weighted by molar-refractivity contribution is 0.836. The first kappa shape index (κ1) is 14.4. The van der Waals surface area contributed by atoms with Gasteiger partial charge in [-0.1, -0.05) is 31.5 Å². The van der Waals surface area contributed by atoms with Gasteiger partial charge in [0.2, 0.25) is 0 Å². The van der Waals surface area contributed by atoms with Gasteiger partial charge in [-0.25, -0.2) is 0 Å². The van der Waals surface area contributed by atoms with Crippen LogP contribution in [0.3, 0.4) is 0 Å². The topological polar surface area (TPSA) is 20.7 Å². The summed E-state index contributed by atoms with van der Waals surface area (Å²) in [7, 11) is 2.06. The number of hydrogen-bond donors (Lipinski definition) is 1. The number of fused-ring (bicyclic) bond motifs is 2. The van der Waals surface area contributed by atoms with E-state index in [0.717, 1.165) is 21.7 Å². The quantitative estimate of drug-likeness (QED) is 0.460. The Morgan fingerprint density at radius 2 is 1.83 bits per heavy atom. The minimum absolute atomic E-state index is 0.477. The summed E-state index contributed by atoms with van der Waals surface area (Å²) < 4.78 is 2.13. The molecule has 0 amide bonds. The maximum absolute atomic E-state index is 6.56. The lowest BCUT2D eigenvalue weighted by atomic mass is 10.0. The van der Waals surface area contributed by atoms with Gasteiger partial charge in [0.15, 0.2) is 0 Å². The number of H-pyrrole nitrogens is 1. The van der Waals surface area contributed by atoms with E-state index in [9.17, 15) is 0 Å². The molecule has 1 N–H and O–H groups in total. The van der Waals surface area contributed by atoms with Crippen LogP contribution in [0.15, 0.2) is 48.7 Å². The van der Waals surface area contributed by atoms with Crippen LogP contribution in [0.1, 0.15) is 25.5 Å². The van der Waals surface area contributed by atoms with Gasteiger partial charge in [0.25, 0.3) is 0 Å². The molecule has 0 aliphatic rings. The van der Waals surface area contributed by atoms with Crippen molar-refractivity contribution in [2.75, 3.05) is 0 Å². The maximum atomic E-state index is 6.56. The van der Waals surface area contributed by atoms with Gasteiger partial charge < -0.3 is 9.55 Å². The number of halogens is 1.